The van der Waals surface area contributed by atoms with Crippen molar-refractivity contribution in [2.24, 2.45) is 9.98 Å². The summed E-state index contributed by atoms with van der Waals surface area (Å²) in [5.41, 5.74) is 17.6. The third-order valence-electron chi connectivity index (χ3n) is 11.3. The van der Waals surface area contributed by atoms with E-state index >= 15 is 0 Å². The minimum Gasteiger partial charge on any atom is -0.456 e. The Kier molecular flexibility index (Phi) is 7.42. The first-order valence-electron chi connectivity index (χ1n) is 19.0. The van der Waals surface area contributed by atoms with Gasteiger partial charge in [0.1, 0.15) is 22.3 Å². The third kappa shape index (κ3) is 5.30. The van der Waals surface area contributed by atoms with E-state index in [0.29, 0.717) is 12.4 Å². The number of rotatable bonds is 6. The Balaban J connectivity index is 1.06. The first-order valence-corrected chi connectivity index (χ1v) is 19.0. The zero-order valence-corrected chi connectivity index (χ0v) is 30.5. The van der Waals surface area contributed by atoms with Crippen LogP contribution in [0.3, 0.4) is 0 Å². The van der Waals surface area contributed by atoms with Crippen LogP contribution in [0.2, 0.25) is 0 Å². The molecule has 11 rings (SSSR count). The van der Waals surface area contributed by atoms with Crippen LogP contribution >= 0.6 is 0 Å². The lowest BCUT2D eigenvalue weighted by Crippen LogP contribution is -2.01. The molecule has 2 aromatic heterocycles. The van der Waals surface area contributed by atoms with Gasteiger partial charge in [0.15, 0.2) is 5.84 Å². The van der Waals surface area contributed by atoms with Crippen LogP contribution in [0.4, 0.5) is 0 Å². The highest BCUT2D eigenvalue weighted by Gasteiger charge is 2.27. The standard InChI is InChI=1S/C52H34N2O2/c1-53-52(54-31-32-18-20-34(21-19-32)33-10-3-2-4-11-33)41-15-9-12-37-28-43-42(36-23-25-50-45(27-36)40-14-6-8-17-48(40)56-50)29-38(30-46(43)51(37)41)35-22-24-49-44(26-35)39-13-5-7-16-47(39)55-49/h2-27,29-30H,1,28,31H2. The van der Waals surface area contributed by atoms with Crippen LogP contribution in [-0.2, 0) is 13.0 Å². The summed E-state index contributed by atoms with van der Waals surface area (Å²) < 4.78 is 12.5. The fourth-order valence-corrected chi connectivity index (χ4v) is 8.57. The number of para-hydroxylation sites is 2. The molecular formula is C52H34N2O2. The molecule has 1 aliphatic rings. The van der Waals surface area contributed by atoms with Crippen molar-refractivity contribution in [2.75, 3.05) is 0 Å². The second-order valence-corrected chi connectivity index (χ2v) is 14.5. The van der Waals surface area contributed by atoms with E-state index in [1.54, 1.807) is 0 Å². The number of aliphatic imine (C=N–C) groups is 2. The molecule has 0 N–H and O–H groups in total. The van der Waals surface area contributed by atoms with E-state index in [1.165, 1.54) is 38.9 Å². The summed E-state index contributed by atoms with van der Waals surface area (Å²) in [6.07, 6.45) is 0.801. The van der Waals surface area contributed by atoms with Gasteiger partial charge in [0.25, 0.3) is 0 Å². The maximum Gasteiger partial charge on any atom is 0.154 e. The SMILES string of the molecule is C=NC(=NCc1ccc(-c2ccccc2)cc1)c1cccc2c1-c1cc(-c3ccc4oc5ccccc5c4c3)cc(-c3ccc4oc5ccccc5c4c3)c1C2. The summed E-state index contributed by atoms with van der Waals surface area (Å²) in [5.74, 6) is 0.645. The predicted molar refractivity (Wildman–Crippen MR) is 232 cm³/mol. The molecule has 8 aromatic carbocycles. The Morgan fingerprint density at radius 3 is 1.79 bits per heavy atom. The van der Waals surface area contributed by atoms with Crippen LogP contribution in [-0.4, -0.2) is 12.6 Å². The Labute approximate surface area is 323 Å². The van der Waals surface area contributed by atoms with Crippen LogP contribution < -0.4 is 0 Å². The number of benzene rings is 8. The third-order valence-corrected chi connectivity index (χ3v) is 11.3. The van der Waals surface area contributed by atoms with Crippen LogP contribution in [0.15, 0.2) is 189 Å². The van der Waals surface area contributed by atoms with Gasteiger partial charge in [0, 0.05) is 27.1 Å². The second kappa shape index (κ2) is 12.9. The van der Waals surface area contributed by atoms with E-state index in [9.17, 15) is 0 Å². The summed E-state index contributed by atoms with van der Waals surface area (Å²) >= 11 is 0. The number of fused-ring (bicyclic) bond motifs is 9. The molecule has 264 valence electrons. The zero-order chi connectivity index (χ0) is 37.2. The Morgan fingerprint density at radius 1 is 0.482 bits per heavy atom. The van der Waals surface area contributed by atoms with Gasteiger partial charge in [-0.25, -0.2) is 4.99 Å². The molecule has 10 aromatic rings. The van der Waals surface area contributed by atoms with Gasteiger partial charge in [-0.15, -0.1) is 0 Å². The average molecular weight is 719 g/mol. The Hall–Kier alpha value is -7.30. The highest BCUT2D eigenvalue weighted by Crippen LogP contribution is 2.47. The number of nitrogens with zero attached hydrogens (tertiary/aromatic N) is 2. The molecule has 2 heterocycles. The van der Waals surface area contributed by atoms with Gasteiger partial charge >= 0.3 is 0 Å². The van der Waals surface area contributed by atoms with Crippen LogP contribution in [0.1, 0.15) is 22.3 Å². The normalized spacial score (nSPS) is 12.5. The molecule has 0 aliphatic heterocycles. The van der Waals surface area contributed by atoms with Crippen LogP contribution in [0, 0.1) is 0 Å². The van der Waals surface area contributed by atoms with Crippen molar-refractivity contribution in [1.29, 1.82) is 0 Å². The van der Waals surface area contributed by atoms with Gasteiger partial charge in [0.05, 0.1) is 6.54 Å². The fraction of sp³-hybridized carbons (Fsp3) is 0.0385. The molecular weight excluding hydrogens is 685 g/mol. The molecule has 0 atom stereocenters. The summed E-state index contributed by atoms with van der Waals surface area (Å²) in [4.78, 5) is 9.62. The van der Waals surface area contributed by atoms with Gasteiger partial charge < -0.3 is 8.83 Å². The van der Waals surface area contributed by atoms with Crippen LogP contribution in [0.25, 0.3) is 88.4 Å². The summed E-state index contributed by atoms with van der Waals surface area (Å²) in [6.45, 7) is 4.52. The van der Waals surface area contributed by atoms with Gasteiger partial charge in [-0.3, -0.25) is 4.99 Å². The lowest BCUT2D eigenvalue weighted by atomic mass is 9.89. The molecule has 1 aliphatic carbocycles. The minimum atomic E-state index is 0.503. The second-order valence-electron chi connectivity index (χ2n) is 14.5. The molecule has 0 fully saturated rings. The minimum absolute atomic E-state index is 0.503. The highest BCUT2D eigenvalue weighted by molar-refractivity contribution is 6.11. The molecule has 0 saturated heterocycles. The molecule has 0 unspecified atom stereocenters. The molecule has 0 amide bonds. The lowest BCUT2D eigenvalue weighted by Gasteiger charge is -2.15. The zero-order valence-electron chi connectivity index (χ0n) is 30.5. The molecule has 0 radical (unpaired) electrons. The van der Waals surface area contributed by atoms with Gasteiger partial charge in [-0.1, -0.05) is 121 Å². The number of furan rings is 2. The van der Waals surface area contributed by atoms with Crippen molar-refractivity contribution in [3.8, 4) is 44.5 Å². The highest BCUT2D eigenvalue weighted by atomic mass is 16.3. The van der Waals surface area contributed by atoms with E-state index in [1.807, 2.05) is 30.3 Å². The summed E-state index contributed by atoms with van der Waals surface area (Å²) in [5, 5.41) is 4.45. The van der Waals surface area contributed by atoms with E-state index in [2.05, 4.69) is 151 Å². The molecule has 4 nitrogen and oxygen atoms in total. The lowest BCUT2D eigenvalue weighted by molar-refractivity contribution is 0.668. The Bertz CT molecular complexity index is 3200. The molecule has 0 bridgehead atoms. The van der Waals surface area contributed by atoms with Crippen molar-refractivity contribution in [2.45, 2.75) is 13.0 Å². The molecule has 4 heteroatoms. The topological polar surface area (TPSA) is 51.0 Å². The van der Waals surface area contributed by atoms with Gasteiger partial charge in [0.2, 0.25) is 0 Å². The fourth-order valence-electron chi connectivity index (χ4n) is 8.57. The van der Waals surface area contributed by atoms with Crippen LogP contribution in [0.5, 0.6) is 0 Å². The van der Waals surface area contributed by atoms with Gasteiger partial charge in [-0.05, 0) is 123 Å². The number of hydrogen-bond donors (Lipinski definition) is 0. The maximum atomic E-state index is 6.24. The maximum absolute atomic E-state index is 6.24. The predicted octanol–water partition coefficient (Wildman–Crippen LogP) is 13.7. The largest absolute Gasteiger partial charge is 0.456 e. The Morgan fingerprint density at radius 2 is 1.07 bits per heavy atom. The van der Waals surface area contributed by atoms with Crippen molar-refractivity contribution >= 4 is 56.4 Å². The molecule has 0 spiro atoms. The average Bonchev–Trinajstić information content (AvgIpc) is 3.95. The van der Waals surface area contributed by atoms with Crippen molar-refractivity contribution in [1.82, 2.24) is 0 Å². The van der Waals surface area contributed by atoms with Crippen molar-refractivity contribution in [3.05, 3.63) is 192 Å². The molecule has 56 heavy (non-hydrogen) atoms. The van der Waals surface area contributed by atoms with Gasteiger partial charge in [-0.2, -0.15) is 0 Å². The monoisotopic (exact) mass is 718 g/mol. The van der Waals surface area contributed by atoms with Crippen molar-refractivity contribution in [3.63, 3.8) is 0 Å². The van der Waals surface area contributed by atoms with E-state index in [-0.39, 0.29) is 0 Å². The summed E-state index contributed by atoms with van der Waals surface area (Å²) in [6, 6.07) is 59.9. The van der Waals surface area contributed by atoms with E-state index in [0.717, 1.165) is 78.1 Å². The van der Waals surface area contributed by atoms with Crippen molar-refractivity contribution < 1.29 is 8.83 Å². The first-order chi connectivity index (χ1) is 27.7. The number of amidine groups is 1. The molecule has 0 saturated carbocycles. The van der Waals surface area contributed by atoms with E-state index < -0.39 is 0 Å². The first kappa shape index (κ1) is 32.2. The number of hydrogen-bond acceptors (Lipinski definition) is 3. The quantitative estimate of drug-likeness (QED) is 0.127. The smallest absolute Gasteiger partial charge is 0.154 e. The van der Waals surface area contributed by atoms with E-state index in [4.69, 9.17) is 13.8 Å². The summed E-state index contributed by atoms with van der Waals surface area (Å²) in [7, 11) is 0.